The van der Waals surface area contributed by atoms with Crippen LogP contribution in [0.25, 0.3) is 0 Å². The lowest BCUT2D eigenvalue weighted by Gasteiger charge is -2.17. The SMILES string of the molecule is CC(=O)NC1CCCOc2ccc(F)cc21. The second kappa shape index (κ2) is 4.51. The third-order valence-electron chi connectivity index (χ3n) is 2.62. The Labute approximate surface area is 93.6 Å². The average molecular weight is 223 g/mol. The predicted octanol–water partition coefficient (Wildman–Crippen LogP) is 2.18. The highest BCUT2D eigenvalue weighted by Crippen LogP contribution is 2.31. The van der Waals surface area contributed by atoms with Crippen molar-refractivity contribution in [2.75, 3.05) is 6.61 Å². The fourth-order valence-electron chi connectivity index (χ4n) is 1.94. The van der Waals surface area contributed by atoms with Crippen molar-refractivity contribution in [1.29, 1.82) is 0 Å². The molecule has 1 atom stereocenters. The van der Waals surface area contributed by atoms with Gasteiger partial charge in [0.25, 0.3) is 0 Å². The first-order valence-corrected chi connectivity index (χ1v) is 5.36. The van der Waals surface area contributed by atoms with Gasteiger partial charge in [-0.2, -0.15) is 0 Å². The van der Waals surface area contributed by atoms with Crippen LogP contribution in [-0.2, 0) is 4.79 Å². The summed E-state index contributed by atoms with van der Waals surface area (Å²) in [6.07, 6.45) is 1.62. The zero-order valence-electron chi connectivity index (χ0n) is 9.13. The molecule has 0 spiro atoms. The van der Waals surface area contributed by atoms with Crippen molar-refractivity contribution in [1.82, 2.24) is 5.32 Å². The molecule has 1 aliphatic heterocycles. The Morgan fingerprint density at radius 2 is 2.38 bits per heavy atom. The van der Waals surface area contributed by atoms with Gasteiger partial charge in [-0.25, -0.2) is 4.39 Å². The molecule has 2 rings (SSSR count). The molecule has 1 amide bonds. The molecule has 0 saturated carbocycles. The summed E-state index contributed by atoms with van der Waals surface area (Å²) in [4.78, 5) is 11.1. The molecule has 0 saturated heterocycles. The Kier molecular flexibility index (Phi) is 3.08. The van der Waals surface area contributed by atoms with Crippen molar-refractivity contribution in [3.8, 4) is 5.75 Å². The quantitative estimate of drug-likeness (QED) is 0.792. The van der Waals surface area contributed by atoms with E-state index in [1.54, 1.807) is 6.07 Å². The van der Waals surface area contributed by atoms with Crippen LogP contribution in [0.4, 0.5) is 4.39 Å². The van der Waals surface area contributed by atoms with E-state index in [0.717, 1.165) is 18.4 Å². The molecule has 4 heteroatoms. The third kappa shape index (κ3) is 2.32. The zero-order valence-corrected chi connectivity index (χ0v) is 9.13. The average Bonchev–Trinajstić information content (AvgIpc) is 2.41. The summed E-state index contributed by atoms with van der Waals surface area (Å²) in [5, 5.41) is 2.82. The number of fused-ring (bicyclic) bond motifs is 1. The molecule has 16 heavy (non-hydrogen) atoms. The number of rotatable bonds is 1. The second-order valence-corrected chi connectivity index (χ2v) is 3.93. The molecule has 0 fully saturated rings. The van der Waals surface area contributed by atoms with Crippen molar-refractivity contribution >= 4 is 5.91 Å². The van der Waals surface area contributed by atoms with Crippen LogP contribution in [0.15, 0.2) is 18.2 Å². The van der Waals surface area contributed by atoms with Crippen LogP contribution in [-0.4, -0.2) is 12.5 Å². The number of carbonyl (C=O) groups excluding carboxylic acids is 1. The van der Waals surface area contributed by atoms with Gasteiger partial charge >= 0.3 is 0 Å². The van der Waals surface area contributed by atoms with Crippen LogP contribution in [0.1, 0.15) is 31.4 Å². The summed E-state index contributed by atoms with van der Waals surface area (Å²) in [5.74, 6) is 0.249. The molecule has 1 unspecified atom stereocenters. The van der Waals surface area contributed by atoms with Gasteiger partial charge in [0.2, 0.25) is 5.91 Å². The first kappa shape index (κ1) is 10.9. The van der Waals surface area contributed by atoms with Crippen molar-refractivity contribution in [2.45, 2.75) is 25.8 Å². The molecule has 1 aromatic carbocycles. The molecule has 1 aromatic rings. The molecule has 1 heterocycles. The van der Waals surface area contributed by atoms with Crippen LogP contribution in [0.2, 0.25) is 0 Å². The highest BCUT2D eigenvalue weighted by atomic mass is 19.1. The van der Waals surface area contributed by atoms with E-state index >= 15 is 0 Å². The Hall–Kier alpha value is -1.58. The van der Waals surface area contributed by atoms with Gasteiger partial charge < -0.3 is 10.1 Å². The lowest BCUT2D eigenvalue weighted by atomic mass is 10.0. The second-order valence-electron chi connectivity index (χ2n) is 3.93. The number of ether oxygens (including phenoxy) is 1. The Bertz CT molecular complexity index is 406. The number of benzene rings is 1. The summed E-state index contributed by atoms with van der Waals surface area (Å²) in [5.41, 5.74) is 0.729. The predicted molar refractivity (Wildman–Crippen MR) is 57.7 cm³/mol. The Morgan fingerprint density at radius 3 is 3.12 bits per heavy atom. The van der Waals surface area contributed by atoms with Gasteiger partial charge in [0.15, 0.2) is 0 Å². The maximum Gasteiger partial charge on any atom is 0.217 e. The van der Waals surface area contributed by atoms with Crippen LogP contribution in [0.5, 0.6) is 5.75 Å². The minimum absolute atomic E-state index is 0.109. The molecule has 1 aliphatic rings. The maximum atomic E-state index is 13.2. The molecule has 0 aromatic heterocycles. The molecular formula is C12H14FNO2. The first-order chi connectivity index (χ1) is 7.66. The molecule has 0 aliphatic carbocycles. The van der Waals surface area contributed by atoms with Crippen LogP contribution in [0.3, 0.4) is 0 Å². The van der Waals surface area contributed by atoms with Crippen LogP contribution >= 0.6 is 0 Å². The van der Waals surface area contributed by atoms with Crippen molar-refractivity contribution in [3.63, 3.8) is 0 Å². The highest BCUT2D eigenvalue weighted by molar-refractivity contribution is 5.73. The van der Waals surface area contributed by atoms with E-state index in [-0.39, 0.29) is 17.8 Å². The Morgan fingerprint density at radius 1 is 1.56 bits per heavy atom. The number of amides is 1. The highest BCUT2D eigenvalue weighted by Gasteiger charge is 2.20. The van der Waals surface area contributed by atoms with Crippen molar-refractivity contribution in [2.24, 2.45) is 0 Å². The summed E-state index contributed by atoms with van der Waals surface area (Å²) in [6, 6.07) is 4.27. The standard InChI is InChI=1S/C12H14FNO2/c1-8(15)14-11-3-2-6-16-12-5-4-9(13)7-10(11)12/h4-5,7,11H,2-3,6H2,1H3,(H,14,15). The monoisotopic (exact) mass is 223 g/mol. The fourth-order valence-corrected chi connectivity index (χ4v) is 1.94. The number of nitrogens with one attached hydrogen (secondary N) is 1. The third-order valence-corrected chi connectivity index (χ3v) is 2.62. The van der Waals surface area contributed by atoms with Gasteiger partial charge in [-0.3, -0.25) is 4.79 Å². The lowest BCUT2D eigenvalue weighted by molar-refractivity contribution is -0.119. The van der Waals surface area contributed by atoms with Gasteiger partial charge in [0.1, 0.15) is 11.6 Å². The van der Waals surface area contributed by atoms with Crippen LogP contribution < -0.4 is 10.1 Å². The van der Waals surface area contributed by atoms with E-state index in [2.05, 4.69) is 5.32 Å². The minimum Gasteiger partial charge on any atom is -0.493 e. The Balaban J connectivity index is 2.34. The minimum atomic E-state index is -0.306. The smallest absolute Gasteiger partial charge is 0.217 e. The van der Waals surface area contributed by atoms with E-state index in [0.29, 0.717) is 12.4 Å². The van der Waals surface area contributed by atoms with Gasteiger partial charge in [-0.05, 0) is 31.0 Å². The largest absolute Gasteiger partial charge is 0.493 e. The van der Waals surface area contributed by atoms with E-state index < -0.39 is 0 Å². The van der Waals surface area contributed by atoms with E-state index in [4.69, 9.17) is 4.74 Å². The van der Waals surface area contributed by atoms with Crippen molar-refractivity contribution < 1.29 is 13.9 Å². The van der Waals surface area contributed by atoms with Gasteiger partial charge in [-0.15, -0.1) is 0 Å². The summed E-state index contributed by atoms with van der Waals surface area (Å²) < 4.78 is 18.7. The topological polar surface area (TPSA) is 38.3 Å². The molecule has 0 bridgehead atoms. The lowest BCUT2D eigenvalue weighted by Crippen LogP contribution is -2.25. The normalized spacial score (nSPS) is 19.2. The number of carbonyl (C=O) groups is 1. The van der Waals surface area contributed by atoms with E-state index in [1.807, 2.05) is 0 Å². The number of halogens is 1. The number of hydrogen-bond donors (Lipinski definition) is 1. The van der Waals surface area contributed by atoms with Crippen molar-refractivity contribution in [3.05, 3.63) is 29.6 Å². The fraction of sp³-hybridized carbons (Fsp3) is 0.417. The first-order valence-electron chi connectivity index (χ1n) is 5.36. The van der Waals surface area contributed by atoms with Gasteiger partial charge in [0, 0.05) is 12.5 Å². The maximum absolute atomic E-state index is 13.2. The van der Waals surface area contributed by atoms with E-state index in [9.17, 15) is 9.18 Å². The van der Waals surface area contributed by atoms with Gasteiger partial charge in [0.05, 0.1) is 12.6 Å². The van der Waals surface area contributed by atoms with Gasteiger partial charge in [-0.1, -0.05) is 0 Å². The summed E-state index contributed by atoms with van der Waals surface area (Å²) in [7, 11) is 0. The summed E-state index contributed by atoms with van der Waals surface area (Å²) in [6.45, 7) is 2.07. The molecule has 86 valence electrons. The zero-order chi connectivity index (χ0) is 11.5. The molecule has 0 radical (unpaired) electrons. The molecular weight excluding hydrogens is 209 g/mol. The summed E-state index contributed by atoms with van der Waals surface area (Å²) >= 11 is 0. The molecule has 1 N–H and O–H groups in total. The van der Waals surface area contributed by atoms with E-state index in [1.165, 1.54) is 19.1 Å². The molecule has 3 nitrogen and oxygen atoms in total. The number of hydrogen-bond acceptors (Lipinski definition) is 2. The van der Waals surface area contributed by atoms with Crippen LogP contribution in [0, 0.1) is 5.82 Å².